The first-order valence-electron chi connectivity index (χ1n) is 6.88. The smallest absolute Gasteiger partial charge is 0.372 e. The van der Waals surface area contributed by atoms with Crippen LogP contribution < -0.4 is 16.0 Å². The summed E-state index contributed by atoms with van der Waals surface area (Å²) in [4.78, 5) is 18.9. The second-order valence-corrected chi connectivity index (χ2v) is 4.80. The summed E-state index contributed by atoms with van der Waals surface area (Å²) < 4.78 is 39.9. The number of amides is 1. The van der Waals surface area contributed by atoms with E-state index in [4.69, 9.17) is 0 Å². The summed E-state index contributed by atoms with van der Waals surface area (Å²) in [7, 11) is 2.85. The maximum absolute atomic E-state index is 12.8. The van der Waals surface area contributed by atoms with Crippen LogP contribution in [0.25, 0.3) is 0 Å². The van der Waals surface area contributed by atoms with Crippen molar-refractivity contribution in [2.45, 2.75) is 19.6 Å². The molecule has 0 aliphatic carbocycles. The Morgan fingerprint density at radius 1 is 1.29 bits per heavy atom. The summed E-state index contributed by atoms with van der Waals surface area (Å²) in [5.41, 5.74) is 0.149. The molecule has 11 heteroatoms. The molecule has 1 amide bonds. The highest BCUT2D eigenvalue weighted by Gasteiger charge is 2.35. The van der Waals surface area contributed by atoms with E-state index in [1.54, 1.807) is 6.92 Å². The summed E-state index contributed by atoms with van der Waals surface area (Å²) in [5, 5.41) is 11.7. The topological polar surface area (TPSA) is 96.8 Å². The predicted octanol–water partition coefficient (Wildman–Crippen LogP) is 1.53. The minimum absolute atomic E-state index is 0.0186. The summed E-state index contributed by atoms with van der Waals surface area (Å²) >= 11 is 0. The predicted molar refractivity (Wildman–Crippen MR) is 80.9 cm³/mol. The molecule has 0 aliphatic heterocycles. The molecule has 2 heterocycles. The monoisotopic (exact) mass is 343 g/mol. The van der Waals surface area contributed by atoms with Crippen molar-refractivity contribution in [3.63, 3.8) is 0 Å². The molecule has 0 fully saturated rings. The number of halogens is 3. The third-order valence-electron chi connectivity index (χ3n) is 3.25. The quantitative estimate of drug-likeness (QED) is 0.762. The van der Waals surface area contributed by atoms with Crippen LogP contribution in [-0.4, -0.2) is 39.8 Å². The number of anilines is 3. The molecule has 24 heavy (non-hydrogen) atoms. The van der Waals surface area contributed by atoms with E-state index in [0.717, 1.165) is 0 Å². The highest BCUT2D eigenvalue weighted by atomic mass is 19.4. The lowest BCUT2D eigenvalue weighted by Gasteiger charge is -2.12. The molecule has 8 nitrogen and oxygen atoms in total. The number of hydrogen-bond donors (Lipinski definition) is 3. The highest BCUT2D eigenvalue weighted by molar-refractivity contribution is 5.75. The molecule has 0 aromatic carbocycles. The lowest BCUT2D eigenvalue weighted by atomic mass is 10.3. The van der Waals surface area contributed by atoms with Crippen molar-refractivity contribution in [2.24, 2.45) is 0 Å². The molecule has 0 bridgehead atoms. The molecule has 130 valence electrons. The third kappa shape index (κ3) is 3.73. The van der Waals surface area contributed by atoms with Crippen molar-refractivity contribution in [1.29, 1.82) is 0 Å². The fourth-order valence-electron chi connectivity index (χ4n) is 1.90. The molecule has 2 aromatic heterocycles. The molecular formula is C13H16F3N7O. The fourth-order valence-corrected chi connectivity index (χ4v) is 1.90. The van der Waals surface area contributed by atoms with Crippen molar-refractivity contribution >= 4 is 23.4 Å². The molecule has 0 radical (unpaired) electrons. The molecule has 0 aliphatic rings. The van der Waals surface area contributed by atoms with Crippen LogP contribution in [0, 0.1) is 6.92 Å². The van der Waals surface area contributed by atoms with Crippen molar-refractivity contribution in [3.8, 4) is 0 Å². The molecule has 2 aromatic rings. The fraction of sp³-hybridized carbons (Fsp3) is 0.385. The number of rotatable bonds is 5. The third-order valence-corrected chi connectivity index (χ3v) is 3.25. The Kier molecular flexibility index (Phi) is 4.90. The number of hydrogen-bond acceptors (Lipinski definition) is 6. The zero-order valence-electron chi connectivity index (χ0n) is 13.2. The van der Waals surface area contributed by atoms with Crippen LogP contribution in [0.2, 0.25) is 0 Å². The number of carbonyl (C=O) groups excluding carboxylic acids is 1. The van der Waals surface area contributed by atoms with Gasteiger partial charge < -0.3 is 16.0 Å². The van der Waals surface area contributed by atoms with Gasteiger partial charge in [0.25, 0.3) is 0 Å². The Hall–Kier alpha value is -2.85. The van der Waals surface area contributed by atoms with Gasteiger partial charge in [-0.1, -0.05) is 0 Å². The molecule has 0 atom stereocenters. The minimum Gasteiger partial charge on any atom is -0.372 e. The van der Waals surface area contributed by atoms with E-state index in [1.165, 1.54) is 25.0 Å². The van der Waals surface area contributed by atoms with Gasteiger partial charge in [-0.25, -0.2) is 4.98 Å². The summed E-state index contributed by atoms with van der Waals surface area (Å²) in [6, 6.07) is 0. The standard InChI is InChI=1S/C13H16F3N7O/c1-7-9(5-20-23(7)6-10(24)17-2)21-12-19-4-8(13(14,15)16)11(18-3)22-12/h4-5H,6H2,1-3H3,(H,17,24)(H2,18,19,21,22). The van der Waals surface area contributed by atoms with Crippen LogP contribution in [0.4, 0.5) is 30.6 Å². The number of nitrogens with one attached hydrogen (secondary N) is 3. The molecule has 2 rings (SSSR count). The van der Waals surface area contributed by atoms with Crippen molar-refractivity contribution < 1.29 is 18.0 Å². The summed E-state index contributed by atoms with van der Waals surface area (Å²) in [6.45, 7) is 1.74. The van der Waals surface area contributed by atoms with Crippen molar-refractivity contribution in [2.75, 3.05) is 24.7 Å². The van der Waals surface area contributed by atoms with Crippen LogP contribution in [-0.2, 0) is 17.5 Å². The number of nitrogens with zero attached hydrogens (tertiary/aromatic N) is 4. The Morgan fingerprint density at radius 3 is 2.58 bits per heavy atom. The molecule has 0 unspecified atom stereocenters. The van der Waals surface area contributed by atoms with Crippen LogP contribution in [0.5, 0.6) is 0 Å². The second-order valence-electron chi connectivity index (χ2n) is 4.80. The van der Waals surface area contributed by atoms with E-state index in [-0.39, 0.29) is 24.2 Å². The van der Waals surface area contributed by atoms with Crippen LogP contribution in [0.15, 0.2) is 12.4 Å². The normalized spacial score (nSPS) is 11.2. The molecular weight excluding hydrogens is 327 g/mol. The Labute approximate surface area is 135 Å². The van der Waals surface area contributed by atoms with Gasteiger partial charge in [-0.2, -0.15) is 23.3 Å². The Bertz CT molecular complexity index is 742. The van der Waals surface area contributed by atoms with E-state index < -0.39 is 11.7 Å². The van der Waals surface area contributed by atoms with E-state index in [0.29, 0.717) is 17.6 Å². The first-order chi connectivity index (χ1) is 11.3. The number of alkyl halides is 3. The number of aromatic nitrogens is 4. The maximum Gasteiger partial charge on any atom is 0.421 e. The minimum atomic E-state index is -4.55. The molecule has 0 saturated carbocycles. The van der Waals surface area contributed by atoms with Gasteiger partial charge in [0.2, 0.25) is 11.9 Å². The van der Waals surface area contributed by atoms with Gasteiger partial charge in [-0.05, 0) is 6.92 Å². The summed E-state index contributed by atoms with van der Waals surface area (Å²) in [5.74, 6) is -0.582. The first-order valence-corrected chi connectivity index (χ1v) is 6.88. The van der Waals surface area contributed by atoms with Gasteiger partial charge in [0.1, 0.15) is 17.9 Å². The lowest BCUT2D eigenvalue weighted by molar-refractivity contribution is -0.137. The lowest BCUT2D eigenvalue weighted by Crippen LogP contribution is -2.24. The summed E-state index contributed by atoms with van der Waals surface area (Å²) in [6.07, 6.45) is -2.41. The molecule has 0 saturated heterocycles. The zero-order valence-corrected chi connectivity index (χ0v) is 13.2. The van der Waals surface area contributed by atoms with Gasteiger partial charge in [0, 0.05) is 20.3 Å². The van der Waals surface area contributed by atoms with Crippen LogP contribution in [0.1, 0.15) is 11.3 Å². The van der Waals surface area contributed by atoms with E-state index in [1.807, 2.05) is 0 Å². The number of carbonyl (C=O) groups is 1. The van der Waals surface area contributed by atoms with Gasteiger partial charge in [-0.15, -0.1) is 0 Å². The Morgan fingerprint density at radius 2 is 2.00 bits per heavy atom. The number of likely N-dealkylation sites (N-methyl/N-ethyl adjacent to an activating group) is 1. The van der Waals surface area contributed by atoms with Gasteiger partial charge in [0.15, 0.2) is 0 Å². The van der Waals surface area contributed by atoms with Crippen molar-refractivity contribution in [3.05, 3.63) is 23.7 Å². The zero-order chi connectivity index (χ0) is 17.9. The van der Waals surface area contributed by atoms with Crippen LogP contribution in [0.3, 0.4) is 0 Å². The van der Waals surface area contributed by atoms with Gasteiger partial charge in [0.05, 0.1) is 17.6 Å². The van der Waals surface area contributed by atoms with Gasteiger partial charge >= 0.3 is 6.18 Å². The van der Waals surface area contributed by atoms with E-state index in [9.17, 15) is 18.0 Å². The van der Waals surface area contributed by atoms with E-state index >= 15 is 0 Å². The van der Waals surface area contributed by atoms with E-state index in [2.05, 4.69) is 31.0 Å². The SMILES string of the molecule is CNC(=O)Cn1ncc(Nc2ncc(C(F)(F)F)c(NC)n2)c1C. The largest absolute Gasteiger partial charge is 0.421 e. The second kappa shape index (κ2) is 6.72. The van der Waals surface area contributed by atoms with Crippen molar-refractivity contribution in [1.82, 2.24) is 25.1 Å². The average molecular weight is 343 g/mol. The maximum atomic E-state index is 12.8. The Balaban J connectivity index is 2.24. The molecule has 3 N–H and O–H groups in total. The van der Waals surface area contributed by atoms with Gasteiger partial charge in [-0.3, -0.25) is 9.48 Å². The highest BCUT2D eigenvalue weighted by Crippen LogP contribution is 2.33. The first kappa shape index (κ1) is 17.5. The molecule has 0 spiro atoms. The average Bonchev–Trinajstić information content (AvgIpc) is 2.86. The van der Waals surface area contributed by atoms with Crippen LogP contribution >= 0.6 is 0 Å².